The summed E-state index contributed by atoms with van der Waals surface area (Å²) in [5.74, 6) is 0. The average molecular weight is 220 g/mol. The Kier molecular flexibility index (Phi) is 3.08. The third kappa shape index (κ3) is 2.06. The molecule has 78 valence electrons. The zero-order valence-electron chi connectivity index (χ0n) is 8.42. The van der Waals surface area contributed by atoms with Gasteiger partial charge in [0, 0.05) is 11.1 Å². The zero-order chi connectivity index (χ0) is 10.7. The van der Waals surface area contributed by atoms with E-state index in [4.69, 9.17) is 5.11 Å². The molecule has 0 saturated carbocycles. The second-order valence-corrected chi connectivity index (χ2v) is 3.93. The van der Waals surface area contributed by atoms with Crippen LogP contribution in [0.5, 0.6) is 0 Å². The van der Waals surface area contributed by atoms with Crippen LogP contribution in [-0.2, 0) is 6.61 Å². The molecule has 0 bridgehead atoms. The molecular weight excluding hydrogens is 208 g/mol. The van der Waals surface area contributed by atoms with Crippen LogP contribution in [0.1, 0.15) is 5.69 Å². The Bertz CT molecular complexity index is 453. The van der Waals surface area contributed by atoms with E-state index in [-0.39, 0.29) is 6.61 Å². The van der Waals surface area contributed by atoms with E-state index < -0.39 is 0 Å². The largest absolute Gasteiger partial charge is 0.390 e. The summed E-state index contributed by atoms with van der Waals surface area (Å²) in [4.78, 5) is 1.17. The molecule has 0 aliphatic heterocycles. The SMILES string of the molecule is CSc1ccccc1-n1ccc(CO)n1. The summed E-state index contributed by atoms with van der Waals surface area (Å²) in [5.41, 5.74) is 1.73. The van der Waals surface area contributed by atoms with Crippen LogP contribution in [0.3, 0.4) is 0 Å². The molecule has 0 saturated heterocycles. The van der Waals surface area contributed by atoms with Crippen LogP contribution in [0.25, 0.3) is 5.69 Å². The maximum atomic E-state index is 8.94. The lowest BCUT2D eigenvalue weighted by Gasteiger charge is -2.06. The first kappa shape index (κ1) is 10.3. The number of hydrogen-bond donors (Lipinski definition) is 1. The molecule has 2 aromatic rings. The van der Waals surface area contributed by atoms with Gasteiger partial charge in [0.15, 0.2) is 0 Å². The monoisotopic (exact) mass is 220 g/mol. The number of nitrogens with zero attached hydrogens (tertiary/aromatic N) is 2. The average Bonchev–Trinajstić information content (AvgIpc) is 2.77. The second-order valence-electron chi connectivity index (χ2n) is 3.08. The smallest absolute Gasteiger partial charge is 0.0883 e. The quantitative estimate of drug-likeness (QED) is 0.805. The molecule has 0 spiro atoms. The Hall–Kier alpha value is -1.26. The van der Waals surface area contributed by atoms with Crippen molar-refractivity contribution in [2.45, 2.75) is 11.5 Å². The van der Waals surface area contributed by atoms with Crippen molar-refractivity contribution in [3.05, 3.63) is 42.2 Å². The summed E-state index contributed by atoms with van der Waals surface area (Å²) in [5, 5.41) is 13.2. The fourth-order valence-electron chi connectivity index (χ4n) is 1.40. The van der Waals surface area contributed by atoms with E-state index in [2.05, 4.69) is 11.2 Å². The molecule has 0 aliphatic rings. The summed E-state index contributed by atoms with van der Waals surface area (Å²) in [6.45, 7) is -0.0194. The molecule has 1 heterocycles. The van der Waals surface area contributed by atoms with E-state index in [0.29, 0.717) is 5.69 Å². The number of rotatable bonds is 3. The van der Waals surface area contributed by atoms with Gasteiger partial charge >= 0.3 is 0 Å². The Morgan fingerprint density at radius 2 is 2.13 bits per heavy atom. The normalized spacial score (nSPS) is 10.5. The lowest BCUT2D eigenvalue weighted by atomic mass is 10.3. The van der Waals surface area contributed by atoms with Crippen molar-refractivity contribution in [1.29, 1.82) is 0 Å². The van der Waals surface area contributed by atoms with Crippen LogP contribution in [0.4, 0.5) is 0 Å². The summed E-state index contributed by atoms with van der Waals surface area (Å²) in [6, 6.07) is 9.87. The molecule has 1 aromatic heterocycles. The van der Waals surface area contributed by atoms with E-state index >= 15 is 0 Å². The topological polar surface area (TPSA) is 38.0 Å². The Labute approximate surface area is 92.7 Å². The summed E-state index contributed by atoms with van der Waals surface area (Å²) >= 11 is 1.68. The summed E-state index contributed by atoms with van der Waals surface area (Å²) < 4.78 is 1.79. The molecule has 3 nitrogen and oxygen atoms in total. The first-order chi connectivity index (χ1) is 7.35. The van der Waals surface area contributed by atoms with Gasteiger partial charge in [-0.05, 0) is 24.5 Å². The van der Waals surface area contributed by atoms with Gasteiger partial charge in [-0.1, -0.05) is 12.1 Å². The molecule has 1 N–H and O–H groups in total. The molecule has 0 amide bonds. The first-order valence-corrected chi connectivity index (χ1v) is 5.86. The van der Waals surface area contributed by atoms with Gasteiger partial charge in [-0.25, -0.2) is 4.68 Å². The molecule has 15 heavy (non-hydrogen) atoms. The van der Waals surface area contributed by atoms with Crippen molar-refractivity contribution >= 4 is 11.8 Å². The van der Waals surface area contributed by atoms with Crippen LogP contribution < -0.4 is 0 Å². The molecule has 2 rings (SSSR count). The van der Waals surface area contributed by atoms with Gasteiger partial charge in [-0.2, -0.15) is 5.10 Å². The van der Waals surface area contributed by atoms with E-state index in [0.717, 1.165) is 5.69 Å². The van der Waals surface area contributed by atoms with Crippen molar-refractivity contribution in [1.82, 2.24) is 9.78 Å². The fraction of sp³-hybridized carbons (Fsp3) is 0.182. The molecular formula is C11H12N2OS. The van der Waals surface area contributed by atoms with E-state index in [9.17, 15) is 0 Å². The molecule has 0 atom stereocenters. The van der Waals surface area contributed by atoms with Crippen molar-refractivity contribution in [3.8, 4) is 5.69 Å². The van der Waals surface area contributed by atoms with E-state index in [1.807, 2.05) is 36.7 Å². The number of hydrogen-bond acceptors (Lipinski definition) is 3. The van der Waals surface area contributed by atoms with Crippen LogP contribution in [0, 0.1) is 0 Å². The molecule has 0 radical (unpaired) electrons. The molecule has 0 aliphatic carbocycles. The highest BCUT2D eigenvalue weighted by Crippen LogP contribution is 2.22. The highest BCUT2D eigenvalue weighted by molar-refractivity contribution is 7.98. The Morgan fingerprint density at radius 3 is 2.80 bits per heavy atom. The van der Waals surface area contributed by atoms with Gasteiger partial charge in [0.05, 0.1) is 18.0 Å². The van der Waals surface area contributed by atoms with Gasteiger partial charge in [0.1, 0.15) is 0 Å². The number of benzene rings is 1. The third-order valence-electron chi connectivity index (χ3n) is 2.14. The minimum absolute atomic E-state index is 0.0194. The molecule has 0 fully saturated rings. The minimum Gasteiger partial charge on any atom is -0.390 e. The van der Waals surface area contributed by atoms with E-state index in [1.54, 1.807) is 16.4 Å². The van der Waals surface area contributed by atoms with Crippen LogP contribution >= 0.6 is 11.8 Å². The highest BCUT2D eigenvalue weighted by atomic mass is 32.2. The predicted octanol–water partition coefficient (Wildman–Crippen LogP) is 2.09. The van der Waals surface area contributed by atoms with Crippen molar-refractivity contribution in [2.75, 3.05) is 6.26 Å². The lowest BCUT2D eigenvalue weighted by Crippen LogP contribution is -1.97. The van der Waals surface area contributed by atoms with Crippen LogP contribution in [-0.4, -0.2) is 21.1 Å². The van der Waals surface area contributed by atoms with Crippen molar-refractivity contribution in [2.24, 2.45) is 0 Å². The number of aromatic nitrogens is 2. The van der Waals surface area contributed by atoms with Gasteiger partial charge < -0.3 is 5.11 Å². The van der Waals surface area contributed by atoms with Crippen molar-refractivity contribution in [3.63, 3.8) is 0 Å². The second kappa shape index (κ2) is 4.51. The van der Waals surface area contributed by atoms with Gasteiger partial charge in [0.25, 0.3) is 0 Å². The highest BCUT2D eigenvalue weighted by Gasteiger charge is 2.04. The van der Waals surface area contributed by atoms with Crippen LogP contribution in [0.15, 0.2) is 41.4 Å². The zero-order valence-corrected chi connectivity index (χ0v) is 9.24. The Morgan fingerprint density at radius 1 is 1.33 bits per heavy atom. The fourth-order valence-corrected chi connectivity index (χ4v) is 1.98. The number of aliphatic hydroxyl groups excluding tert-OH is 1. The third-order valence-corrected chi connectivity index (χ3v) is 2.92. The van der Waals surface area contributed by atoms with Crippen molar-refractivity contribution < 1.29 is 5.11 Å². The molecule has 4 heteroatoms. The summed E-state index contributed by atoms with van der Waals surface area (Å²) in [7, 11) is 0. The number of para-hydroxylation sites is 1. The van der Waals surface area contributed by atoms with Crippen LogP contribution in [0.2, 0.25) is 0 Å². The maximum Gasteiger partial charge on any atom is 0.0883 e. The first-order valence-electron chi connectivity index (χ1n) is 4.64. The maximum absolute atomic E-state index is 8.94. The lowest BCUT2D eigenvalue weighted by molar-refractivity contribution is 0.276. The summed E-state index contributed by atoms with van der Waals surface area (Å²) in [6.07, 6.45) is 3.90. The minimum atomic E-state index is -0.0194. The molecule has 0 unspecified atom stereocenters. The predicted molar refractivity (Wildman–Crippen MR) is 61.3 cm³/mol. The van der Waals surface area contributed by atoms with Gasteiger partial charge in [0.2, 0.25) is 0 Å². The number of aliphatic hydroxyl groups is 1. The molecule has 1 aromatic carbocycles. The number of thioether (sulfide) groups is 1. The van der Waals surface area contributed by atoms with Gasteiger partial charge in [-0.15, -0.1) is 11.8 Å². The standard InChI is InChI=1S/C11H12N2OS/c1-15-11-5-3-2-4-10(11)13-7-6-9(8-14)12-13/h2-7,14H,8H2,1H3. The Balaban J connectivity index is 2.44. The van der Waals surface area contributed by atoms with E-state index in [1.165, 1.54) is 4.90 Å². The van der Waals surface area contributed by atoms with Gasteiger partial charge in [-0.3, -0.25) is 0 Å².